The van der Waals surface area contributed by atoms with E-state index in [2.05, 4.69) is 11.9 Å². The Balaban J connectivity index is 1.70. The fraction of sp³-hybridized carbons (Fsp3) is 0.292. The molecule has 0 amide bonds. The van der Waals surface area contributed by atoms with E-state index in [1.165, 1.54) is 11.8 Å². The van der Waals surface area contributed by atoms with Gasteiger partial charge in [-0.05, 0) is 74.3 Å². The van der Waals surface area contributed by atoms with Crippen LogP contribution < -0.4 is 0 Å². The molecule has 1 aliphatic heterocycles. The van der Waals surface area contributed by atoms with E-state index in [9.17, 15) is 13.2 Å². The molecule has 5 nitrogen and oxygen atoms in total. The van der Waals surface area contributed by atoms with Crippen LogP contribution in [-0.4, -0.2) is 43.4 Å². The number of likely N-dealkylation sites (tertiary alicyclic amines) is 1. The summed E-state index contributed by atoms with van der Waals surface area (Å²) in [7, 11) is -1.36. The number of sulfone groups is 1. The number of nitrogens with zero attached hydrogens (tertiary/aromatic N) is 2. The molecule has 0 radical (unpaired) electrons. The normalized spacial score (nSPS) is 17.9. The van der Waals surface area contributed by atoms with E-state index in [1.807, 2.05) is 24.4 Å². The van der Waals surface area contributed by atoms with Crippen molar-refractivity contribution in [1.29, 1.82) is 0 Å². The molecule has 1 saturated heterocycles. The van der Waals surface area contributed by atoms with Gasteiger partial charge in [-0.15, -0.1) is 0 Å². The number of carbonyl (C=O) groups excluding carboxylic acids is 1. The van der Waals surface area contributed by atoms with Crippen LogP contribution in [0.4, 0.5) is 0 Å². The molecule has 156 valence electrons. The summed E-state index contributed by atoms with van der Waals surface area (Å²) in [5.74, 6) is -0.0269. The zero-order chi connectivity index (χ0) is 21.3. The lowest BCUT2D eigenvalue weighted by atomic mass is 10.0. The summed E-state index contributed by atoms with van der Waals surface area (Å²) in [6.45, 7) is 2.66. The summed E-state index contributed by atoms with van der Waals surface area (Å²) in [4.78, 5) is 14.8. The summed E-state index contributed by atoms with van der Waals surface area (Å²) in [5.41, 5.74) is 2.78. The van der Waals surface area contributed by atoms with Crippen LogP contribution >= 0.6 is 0 Å². The third-order valence-corrected chi connectivity index (χ3v) is 7.31. The van der Waals surface area contributed by atoms with Crippen LogP contribution in [0.5, 0.6) is 0 Å². The Morgan fingerprint density at radius 3 is 2.60 bits per heavy atom. The van der Waals surface area contributed by atoms with Crippen LogP contribution in [0.3, 0.4) is 0 Å². The number of aromatic nitrogens is 1. The zero-order valence-corrected chi connectivity index (χ0v) is 18.1. The molecule has 2 heterocycles. The second kappa shape index (κ2) is 8.20. The predicted octanol–water partition coefficient (Wildman–Crippen LogP) is 4.38. The van der Waals surface area contributed by atoms with Crippen molar-refractivity contribution in [3.63, 3.8) is 0 Å². The molecule has 1 aromatic heterocycles. The van der Waals surface area contributed by atoms with Crippen molar-refractivity contribution in [3.8, 4) is 0 Å². The zero-order valence-electron chi connectivity index (χ0n) is 17.3. The lowest BCUT2D eigenvalue weighted by Crippen LogP contribution is -2.26. The summed E-state index contributed by atoms with van der Waals surface area (Å²) in [6, 6.07) is 14.6. The molecule has 1 aliphatic rings. The van der Waals surface area contributed by atoms with Gasteiger partial charge in [-0.3, -0.25) is 9.36 Å². The Kier molecular flexibility index (Phi) is 5.62. The van der Waals surface area contributed by atoms with Gasteiger partial charge in [0.1, 0.15) is 0 Å². The minimum Gasteiger partial charge on any atom is -0.303 e. The fourth-order valence-electron chi connectivity index (χ4n) is 4.19. The second-order valence-electron chi connectivity index (χ2n) is 7.96. The van der Waals surface area contributed by atoms with Gasteiger partial charge in [-0.25, -0.2) is 8.42 Å². The Hall–Kier alpha value is -2.70. The maximum absolute atomic E-state index is 12.6. The lowest BCUT2D eigenvalue weighted by molar-refractivity contribution is 0.0941. The highest BCUT2D eigenvalue weighted by molar-refractivity contribution is 7.94. The molecule has 4 rings (SSSR count). The van der Waals surface area contributed by atoms with Crippen molar-refractivity contribution in [2.24, 2.45) is 0 Å². The predicted molar refractivity (Wildman–Crippen MR) is 120 cm³/mol. The number of benzene rings is 2. The number of likely N-dealkylation sites (N-methyl/N-ethyl adjacent to an activating group) is 1. The summed E-state index contributed by atoms with van der Waals surface area (Å²) < 4.78 is 26.8. The molecule has 6 heteroatoms. The maximum Gasteiger partial charge on any atom is 0.227 e. The molecule has 0 aliphatic carbocycles. The molecule has 0 spiro atoms. The van der Waals surface area contributed by atoms with Crippen molar-refractivity contribution in [1.82, 2.24) is 9.47 Å². The first kappa shape index (κ1) is 20.6. The third-order valence-electron chi connectivity index (χ3n) is 5.89. The van der Waals surface area contributed by atoms with Crippen molar-refractivity contribution in [3.05, 3.63) is 71.3 Å². The molecule has 0 bridgehead atoms. The van der Waals surface area contributed by atoms with Gasteiger partial charge < -0.3 is 4.90 Å². The van der Waals surface area contributed by atoms with Crippen molar-refractivity contribution in [2.45, 2.75) is 37.1 Å². The Morgan fingerprint density at radius 2 is 1.93 bits per heavy atom. The smallest absolute Gasteiger partial charge is 0.227 e. The minimum atomic E-state index is -3.50. The van der Waals surface area contributed by atoms with E-state index in [4.69, 9.17) is 0 Å². The quantitative estimate of drug-likeness (QED) is 0.612. The molecule has 30 heavy (non-hydrogen) atoms. The van der Waals surface area contributed by atoms with Crippen LogP contribution in [0, 0.1) is 0 Å². The standard InChI is InChI=1S/C24H26N2O3S/c1-18(27)26-17-20(16-21-7-6-13-25(21)2)23-15-19(10-11-24(23)26)12-14-30(28,29)22-8-4-3-5-9-22/h3-5,8-12,14-15,17,21H,6-7,13,16H2,1-2H3/b14-12+/t21-/m0/s1. The molecule has 1 atom stereocenters. The monoisotopic (exact) mass is 422 g/mol. The van der Waals surface area contributed by atoms with Crippen LogP contribution in [-0.2, 0) is 16.3 Å². The Morgan fingerprint density at radius 1 is 1.17 bits per heavy atom. The molecule has 3 aromatic rings. The second-order valence-corrected chi connectivity index (χ2v) is 9.80. The van der Waals surface area contributed by atoms with Gasteiger partial charge in [-0.2, -0.15) is 0 Å². The SMILES string of the molecule is CC(=O)n1cc(C[C@@H]2CCCN2C)c2cc(/C=C/S(=O)(=O)c3ccccc3)ccc21. The van der Waals surface area contributed by atoms with Gasteiger partial charge in [0.05, 0.1) is 10.4 Å². The Labute approximate surface area is 177 Å². The number of carbonyl (C=O) groups is 1. The number of hydrogen-bond donors (Lipinski definition) is 0. The molecule has 0 saturated carbocycles. The van der Waals surface area contributed by atoms with Crippen molar-refractivity contribution < 1.29 is 13.2 Å². The van der Waals surface area contributed by atoms with E-state index in [-0.39, 0.29) is 10.8 Å². The molecular formula is C24H26N2O3S. The van der Waals surface area contributed by atoms with E-state index >= 15 is 0 Å². The average molecular weight is 423 g/mol. The topological polar surface area (TPSA) is 59.4 Å². The molecule has 0 unspecified atom stereocenters. The number of fused-ring (bicyclic) bond motifs is 1. The fourth-order valence-corrected chi connectivity index (χ4v) is 5.22. The first-order valence-corrected chi connectivity index (χ1v) is 11.7. The van der Waals surface area contributed by atoms with Gasteiger partial charge in [-0.1, -0.05) is 24.3 Å². The summed E-state index contributed by atoms with van der Waals surface area (Å²) in [6.07, 6.45) is 6.78. The average Bonchev–Trinajstić information content (AvgIpc) is 3.31. The van der Waals surface area contributed by atoms with Crippen molar-refractivity contribution in [2.75, 3.05) is 13.6 Å². The highest BCUT2D eigenvalue weighted by Gasteiger charge is 2.23. The van der Waals surface area contributed by atoms with Gasteiger partial charge in [0.25, 0.3) is 0 Å². The van der Waals surface area contributed by atoms with E-state index < -0.39 is 9.84 Å². The molecule has 2 aromatic carbocycles. The van der Waals surface area contributed by atoms with Gasteiger partial charge in [0.2, 0.25) is 5.91 Å². The molecule has 1 fully saturated rings. The van der Waals surface area contributed by atoms with Crippen LogP contribution in [0.15, 0.2) is 65.0 Å². The third kappa shape index (κ3) is 4.11. The molecule has 0 N–H and O–H groups in total. The number of rotatable bonds is 5. The van der Waals surface area contributed by atoms with E-state index in [1.54, 1.807) is 47.9 Å². The van der Waals surface area contributed by atoms with E-state index in [0.29, 0.717) is 6.04 Å². The summed E-state index contributed by atoms with van der Waals surface area (Å²) in [5, 5.41) is 2.25. The van der Waals surface area contributed by atoms with Crippen LogP contribution in [0.25, 0.3) is 17.0 Å². The maximum atomic E-state index is 12.6. The van der Waals surface area contributed by atoms with Crippen LogP contribution in [0.1, 0.15) is 35.7 Å². The highest BCUT2D eigenvalue weighted by Crippen LogP contribution is 2.28. The first-order valence-electron chi connectivity index (χ1n) is 10.2. The summed E-state index contributed by atoms with van der Waals surface area (Å²) >= 11 is 0. The highest BCUT2D eigenvalue weighted by atomic mass is 32.2. The Bertz CT molecular complexity index is 1210. The van der Waals surface area contributed by atoms with Crippen molar-refractivity contribution >= 4 is 32.7 Å². The largest absolute Gasteiger partial charge is 0.303 e. The van der Waals surface area contributed by atoms with Gasteiger partial charge in [0.15, 0.2) is 9.84 Å². The number of hydrogen-bond acceptors (Lipinski definition) is 4. The molecular weight excluding hydrogens is 396 g/mol. The minimum absolute atomic E-state index is 0.0269. The van der Waals surface area contributed by atoms with Crippen LogP contribution in [0.2, 0.25) is 0 Å². The lowest BCUT2D eigenvalue weighted by Gasteiger charge is -2.18. The van der Waals surface area contributed by atoms with Gasteiger partial charge >= 0.3 is 0 Å². The van der Waals surface area contributed by atoms with Gasteiger partial charge in [0, 0.05) is 30.0 Å². The first-order chi connectivity index (χ1) is 14.3. The van der Waals surface area contributed by atoms with E-state index in [0.717, 1.165) is 41.4 Å².